The van der Waals surface area contributed by atoms with Crippen molar-refractivity contribution in [3.8, 4) is 5.75 Å². The molecule has 120 valence electrons. The zero-order valence-corrected chi connectivity index (χ0v) is 13.2. The van der Waals surface area contributed by atoms with E-state index in [1.807, 2.05) is 37.2 Å². The second-order valence-corrected chi connectivity index (χ2v) is 5.79. The fourth-order valence-corrected chi connectivity index (χ4v) is 2.68. The number of carbonyl (C=O) groups is 1. The average molecular weight is 314 g/mol. The molecule has 0 fully saturated rings. The third-order valence-corrected chi connectivity index (χ3v) is 3.94. The van der Waals surface area contributed by atoms with E-state index in [4.69, 9.17) is 4.74 Å². The van der Waals surface area contributed by atoms with Gasteiger partial charge in [0.05, 0.1) is 12.6 Å². The van der Waals surface area contributed by atoms with Gasteiger partial charge in [-0.1, -0.05) is 6.07 Å². The molecule has 0 radical (unpaired) electrons. The van der Waals surface area contributed by atoms with Crippen molar-refractivity contribution in [1.82, 2.24) is 5.32 Å². The van der Waals surface area contributed by atoms with Gasteiger partial charge in [-0.2, -0.15) is 0 Å². The van der Waals surface area contributed by atoms with E-state index in [1.54, 1.807) is 12.1 Å². The van der Waals surface area contributed by atoms with Crippen LogP contribution >= 0.6 is 0 Å². The molecule has 5 heteroatoms. The number of carbonyl (C=O) groups excluding carboxylic acids is 1. The van der Waals surface area contributed by atoms with Gasteiger partial charge in [0.25, 0.3) is 5.91 Å². The van der Waals surface area contributed by atoms with Crippen LogP contribution in [-0.4, -0.2) is 26.6 Å². The molecule has 0 aliphatic carbocycles. The molecule has 1 unspecified atom stereocenters. The average Bonchev–Trinajstić information content (AvgIpc) is 2.55. The molecule has 4 nitrogen and oxygen atoms in total. The summed E-state index contributed by atoms with van der Waals surface area (Å²) in [5, 5.41) is 2.98. The van der Waals surface area contributed by atoms with Gasteiger partial charge in [0.1, 0.15) is 11.6 Å². The van der Waals surface area contributed by atoms with Crippen molar-refractivity contribution in [3.63, 3.8) is 0 Å². The number of benzene rings is 2. The first-order chi connectivity index (χ1) is 11.0. The molecule has 1 aliphatic heterocycles. The molecular weight excluding hydrogens is 295 g/mol. The Morgan fingerprint density at radius 3 is 2.87 bits per heavy atom. The molecule has 0 saturated heterocycles. The van der Waals surface area contributed by atoms with Crippen molar-refractivity contribution in [2.45, 2.75) is 12.5 Å². The molecule has 3 rings (SSSR count). The highest BCUT2D eigenvalue weighted by atomic mass is 19.1. The molecule has 0 bridgehead atoms. The molecule has 2 aromatic rings. The lowest BCUT2D eigenvalue weighted by Gasteiger charge is -2.27. The normalized spacial score (nSPS) is 16.2. The SMILES string of the molecule is CN(C)c1cccc(C(=O)NC2CCOc3ccc(F)cc32)c1. The number of ether oxygens (including phenoxy) is 1. The van der Waals surface area contributed by atoms with Gasteiger partial charge < -0.3 is 15.0 Å². The monoisotopic (exact) mass is 314 g/mol. The Labute approximate surface area is 134 Å². The minimum Gasteiger partial charge on any atom is -0.493 e. The van der Waals surface area contributed by atoms with Crippen LogP contribution in [0.5, 0.6) is 5.75 Å². The summed E-state index contributed by atoms with van der Waals surface area (Å²) in [4.78, 5) is 14.5. The van der Waals surface area contributed by atoms with Gasteiger partial charge in [-0.3, -0.25) is 4.79 Å². The lowest BCUT2D eigenvalue weighted by Crippen LogP contribution is -2.32. The maximum Gasteiger partial charge on any atom is 0.251 e. The number of anilines is 1. The number of fused-ring (bicyclic) bond motifs is 1. The Balaban J connectivity index is 1.82. The summed E-state index contributed by atoms with van der Waals surface area (Å²) in [7, 11) is 3.85. The van der Waals surface area contributed by atoms with E-state index >= 15 is 0 Å². The molecule has 1 amide bonds. The molecule has 0 saturated carbocycles. The topological polar surface area (TPSA) is 41.6 Å². The van der Waals surface area contributed by atoms with Crippen LogP contribution in [0.2, 0.25) is 0 Å². The third kappa shape index (κ3) is 3.28. The highest BCUT2D eigenvalue weighted by molar-refractivity contribution is 5.95. The Morgan fingerprint density at radius 2 is 2.09 bits per heavy atom. The van der Waals surface area contributed by atoms with Gasteiger partial charge in [-0.25, -0.2) is 4.39 Å². The Bertz CT molecular complexity index is 731. The van der Waals surface area contributed by atoms with Gasteiger partial charge in [-0.05, 0) is 36.4 Å². The second kappa shape index (κ2) is 6.28. The number of rotatable bonds is 3. The molecule has 1 heterocycles. The van der Waals surface area contributed by atoms with Crippen LogP contribution < -0.4 is 15.0 Å². The fraction of sp³-hybridized carbons (Fsp3) is 0.278. The first-order valence-corrected chi connectivity index (χ1v) is 7.55. The molecule has 0 aromatic heterocycles. The van der Waals surface area contributed by atoms with Crippen molar-refractivity contribution in [2.24, 2.45) is 0 Å². The number of nitrogens with one attached hydrogen (secondary N) is 1. The minimum absolute atomic E-state index is 0.171. The van der Waals surface area contributed by atoms with Crippen molar-refractivity contribution in [2.75, 3.05) is 25.6 Å². The van der Waals surface area contributed by atoms with Crippen LogP contribution in [0.15, 0.2) is 42.5 Å². The Morgan fingerprint density at radius 1 is 1.26 bits per heavy atom. The largest absolute Gasteiger partial charge is 0.493 e. The molecule has 23 heavy (non-hydrogen) atoms. The van der Waals surface area contributed by atoms with Gasteiger partial charge in [-0.15, -0.1) is 0 Å². The quantitative estimate of drug-likeness (QED) is 0.946. The summed E-state index contributed by atoms with van der Waals surface area (Å²) in [6, 6.07) is 11.5. The number of hydrogen-bond acceptors (Lipinski definition) is 3. The first kappa shape index (κ1) is 15.3. The predicted octanol–water partition coefficient (Wildman–Crippen LogP) is 3.15. The fourth-order valence-electron chi connectivity index (χ4n) is 2.68. The van der Waals surface area contributed by atoms with E-state index in [9.17, 15) is 9.18 Å². The minimum atomic E-state index is -0.330. The summed E-state index contributed by atoms with van der Waals surface area (Å²) >= 11 is 0. The van der Waals surface area contributed by atoms with Crippen LogP contribution in [0.25, 0.3) is 0 Å². The van der Waals surface area contributed by atoms with E-state index in [2.05, 4.69) is 5.32 Å². The maximum atomic E-state index is 13.5. The number of nitrogens with zero attached hydrogens (tertiary/aromatic N) is 1. The van der Waals surface area contributed by atoms with Crippen LogP contribution in [0.3, 0.4) is 0 Å². The first-order valence-electron chi connectivity index (χ1n) is 7.55. The predicted molar refractivity (Wildman–Crippen MR) is 87.5 cm³/mol. The van der Waals surface area contributed by atoms with Gasteiger partial charge >= 0.3 is 0 Å². The smallest absolute Gasteiger partial charge is 0.251 e. The van der Waals surface area contributed by atoms with E-state index in [0.717, 1.165) is 5.69 Å². The summed E-state index contributed by atoms with van der Waals surface area (Å²) in [5.41, 5.74) is 2.23. The summed E-state index contributed by atoms with van der Waals surface area (Å²) in [6.07, 6.45) is 0.621. The van der Waals surface area contributed by atoms with Gasteiger partial charge in [0.2, 0.25) is 0 Å². The molecule has 1 atom stereocenters. The standard InChI is InChI=1S/C18H19FN2O2/c1-21(2)14-5-3-4-12(10-14)18(22)20-16-8-9-23-17-7-6-13(19)11-15(16)17/h3-7,10-11,16H,8-9H2,1-2H3,(H,20,22). The summed E-state index contributed by atoms with van der Waals surface area (Å²) in [6.45, 7) is 0.501. The van der Waals surface area contributed by atoms with Crippen LogP contribution in [0.4, 0.5) is 10.1 Å². The Hall–Kier alpha value is -2.56. The number of hydrogen-bond donors (Lipinski definition) is 1. The zero-order valence-electron chi connectivity index (χ0n) is 13.2. The molecule has 2 aromatic carbocycles. The molecule has 1 aliphatic rings. The van der Waals surface area contributed by atoms with E-state index in [1.165, 1.54) is 12.1 Å². The van der Waals surface area contributed by atoms with Crippen molar-refractivity contribution >= 4 is 11.6 Å². The number of halogens is 1. The van der Waals surface area contributed by atoms with Crippen molar-refractivity contribution < 1.29 is 13.9 Å². The van der Waals surface area contributed by atoms with Crippen molar-refractivity contribution in [1.29, 1.82) is 0 Å². The van der Waals surface area contributed by atoms with Crippen molar-refractivity contribution in [3.05, 3.63) is 59.4 Å². The lowest BCUT2D eigenvalue weighted by molar-refractivity contribution is 0.0924. The van der Waals surface area contributed by atoms with Crippen LogP contribution in [0, 0.1) is 5.82 Å². The summed E-state index contributed by atoms with van der Waals surface area (Å²) in [5.74, 6) is 0.129. The maximum absolute atomic E-state index is 13.5. The lowest BCUT2D eigenvalue weighted by atomic mass is 10.00. The zero-order chi connectivity index (χ0) is 16.4. The third-order valence-electron chi connectivity index (χ3n) is 3.94. The van der Waals surface area contributed by atoms with Gasteiger partial charge in [0, 0.05) is 37.3 Å². The van der Waals surface area contributed by atoms with Gasteiger partial charge in [0.15, 0.2) is 0 Å². The molecule has 1 N–H and O–H groups in total. The Kier molecular flexibility index (Phi) is 4.19. The second-order valence-electron chi connectivity index (χ2n) is 5.79. The molecular formula is C18H19FN2O2. The number of amides is 1. The van der Waals surface area contributed by atoms with E-state index < -0.39 is 0 Å². The summed E-state index contributed by atoms with van der Waals surface area (Å²) < 4.78 is 19.0. The highest BCUT2D eigenvalue weighted by Gasteiger charge is 2.24. The van der Waals surface area contributed by atoms with E-state index in [0.29, 0.717) is 29.9 Å². The van der Waals surface area contributed by atoms with E-state index in [-0.39, 0.29) is 17.8 Å². The van der Waals surface area contributed by atoms with Crippen LogP contribution in [-0.2, 0) is 0 Å². The highest BCUT2D eigenvalue weighted by Crippen LogP contribution is 2.32. The molecule has 0 spiro atoms. The van der Waals surface area contributed by atoms with Crippen LogP contribution in [0.1, 0.15) is 28.4 Å².